The molecule has 5 nitrogen and oxygen atoms in total. The Morgan fingerprint density at radius 3 is 2.55 bits per heavy atom. The molecule has 1 saturated carbocycles. The van der Waals surface area contributed by atoms with Crippen LogP contribution in [0.5, 0.6) is 0 Å². The Labute approximate surface area is 130 Å². The summed E-state index contributed by atoms with van der Waals surface area (Å²) in [4.78, 5) is 11.9. The first-order chi connectivity index (χ1) is 10.4. The van der Waals surface area contributed by atoms with Crippen molar-refractivity contribution in [3.8, 4) is 0 Å². The van der Waals surface area contributed by atoms with E-state index in [1.165, 1.54) is 10.4 Å². The Hall–Kier alpha value is -1.47. The minimum atomic E-state index is -3.58. The molecule has 122 valence electrons. The zero-order valence-corrected chi connectivity index (χ0v) is 13.6. The highest BCUT2D eigenvalue weighted by Gasteiger charge is 2.41. The first kappa shape index (κ1) is 16.9. The molecule has 2 atom stereocenters. The van der Waals surface area contributed by atoms with Gasteiger partial charge in [-0.05, 0) is 18.1 Å². The predicted octanol–water partition coefficient (Wildman–Crippen LogP) is 1.47. The SMILES string of the molecule is CCN(CC)S(=O)(=O)CC(=O)N[C@@H]1C[C@H]1c1ccccc1F. The van der Waals surface area contributed by atoms with Crippen molar-refractivity contribution in [1.29, 1.82) is 0 Å². The molecule has 7 heteroatoms. The number of halogens is 1. The van der Waals surface area contributed by atoms with Crippen molar-refractivity contribution in [3.63, 3.8) is 0 Å². The Kier molecular flexibility index (Phi) is 5.18. The second-order valence-corrected chi connectivity index (χ2v) is 7.35. The second kappa shape index (κ2) is 6.75. The summed E-state index contributed by atoms with van der Waals surface area (Å²) in [6.45, 7) is 4.14. The number of nitrogens with zero attached hydrogens (tertiary/aromatic N) is 1. The maximum absolute atomic E-state index is 13.6. The van der Waals surface area contributed by atoms with E-state index in [1.54, 1.807) is 32.0 Å². The highest BCUT2D eigenvalue weighted by Crippen LogP contribution is 2.41. The predicted molar refractivity (Wildman–Crippen MR) is 82.4 cm³/mol. The maximum atomic E-state index is 13.6. The first-order valence-corrected chi connectivity index (χ1v) is 9.01. The number of nitrogens with one attached hydrogen (secondary N) is 1. The number of hydrogen-bond donors (Lipinski definition) is 1. The van der Waals surface area contributed by atoms with E-state index in [1.807, 2.05) is 0 Å². The molecular weight excluding hydrogens is 307 g/mol. The smallest absolute Gasteiger partial charge is 0.236 e. The second-order valence-electron chi connectivity index (χ2n) is 5.38. The third-order valence-electron chi connectivity index (χ3n) is 3.85. The van der Waals surface area contributed by atoms with Gasteiger partial charge in [-0.15, -0.1) is 0 Å². The van der Waals surface area contributed by atoms with E-state index >= 15 is 0 Å². The molecule has 0 heterocycles. The van der Waals surface area contributed by atoms with Gasteiger partial charge in [0.1, 0.15) is 11.6 Å². The molecule has 0 saturated heterocycles. The summed E-state index contributed by atoms with van der Waals surface area (Å²) < 4.78 is 38.9. The summed E-state index contributed by atoms with van der Waals surface area (Å²) >= 11 is 0. The Balaban J connectivity index is 1.91. The maximum Gasteiger partial charge on any atom is 0.236 e. The molecule has 1 aliphatic carbocycles. The summed E-state index contributed by atoms with van der Waals surface area (Å²) in [5.41, 5.74) is 0.569. The van der Waals surface area contributed by atoms with Crippen LogP contribution in [-0.4, -0.2) is 43.5 Å². The largest absolute Gasteiger partial charge is 0.352 e. The topological polar surface area (TPSA) is 66.5 Å². The van der Waals surface area contributed by atoms with Gasteiger partial charge in [-0.2, -0.15) is 0 Å². The first-order valence-electron chi connectivity index (χ1n) is 7.40. The molecular formula is C15H21FN2O3S. The molecule has 1 fully saturated rings. The zero-order valence-electron chi connectivity index (χ0n) is 12.8. The lowest BCUT2D eigenvalue weighted by molar-refractivity contribution is -0.118. The van der Waals surface area contributed by atoms with Crippen LogP contribution >= 0.6 is 0 Å². The molecule has 0 radical (unpaired) electrons. The van der Waals surface area contributed by atoms with Crippen molar-refractivity contribution in [3.05, 3.63) is 35.6 Å². The molecule has 0 unspecified atom stereocenters. The van der Waals surface area contributed by atoms with Gasteiger partial charge in [0.2, 0.25) is 15.9 Å². The Morgan fingerprint density at radius 1 is 1.32 bits per heavy atom. The van der Waals surface area contributed by atoms with Crippen molar-refractivity contribution in [1.82, 2.24) is 9.62 Å². The van der Waals surface area contributed by atoms with Crippen LogP contribution in [0.3, 0.4) is 0 Å². The van der Waals surface area contributed by atoms with Gasteiger partial charge in [-0.1, -0.05) is 32.0 Å². The van der Waals surface area contributed by atoms with E-state index in [9.17, 15) is 17.6 Å². The Morgan fingerprint density at radius 2 is 1.95 bits per heavy atom. The average Bonchev–Trinajstić information content (AvgIpc) is 3.18. The van der Waals surface area contributed by atoms with Gasteiger partial charge in [0.25, 0.3) is 0 Å². The van der Waals surface area contributed by atoms with E-state index in [2.05, 4.69) is 5.32 Å². The minimum Gasteiger partial charge on any atom is -0.352 e. The monoisotopic (exact) mass is 328 g/mol. The summed E-state index contributed by atoms with van der Waals surface area (Å²) in [5, 5.41) is 2.68. The van der Waals surface area contributed by atoms with Gasteiger partial charge in [0.15, 0.2) is 0 Å². The highest BCUT2D eigenvalue weighted by molar-refractivity contribution is 7.89. The van der Waals surface area contributed by atoms with Gasteiger partial charge >= 0.3 is 0 Å². The van der Waals surface area contributed by atoms with E-state index in [4.69, 9.17) is 0 Å². The van der Waals surface area contributed by atoms with Crippen molar-refractivity contribution in [2.75, 3.05) is 18.8 Å². The fourth-order valence-electron chi connectivity index (χ4n) is 2.60. The number of benzene rings is 1. The molecule has 1 aliphatic rings. The van der Waals surface area contributed by atoms with Crippen LogP contribution in [0.15, 0.2) is 24.3 Å². The third kappa shape index (κ3) is 3.84. The Bertz CT molecular complexity index is 644. The molecule has 1 N–H and O–H groups in total. The van der Waals surface area contributed by atoms with Crippen LogP contribution < -0.4 is 5.32 Å². The summed E-state index contributed by atoms with van der Waals surface area (Å²) in [7, 11) is -3.58. The number of amides is 1. The fraction of sp³-hybridized carbons (Fsp3) is 0.533. The van der Waals surface area contributed by atoms with Gasteiger partial charge < -0.3 is 5.32 Å². The lowest BCUT2D eigenvalue weighted by Gasteiger charge is -2.17. The van der Waals surface area contributed by atoms with E-state index < -0.39 is 21.7 Å². The van der Waals surface area contributed by atoms with Crippen molar-refractivity contribution in [2.45, 2.75) is 32.2 Å². The van der Waals surface area contributed by atoms with E-state index in [0.717, 1.165) is 0 Å². The van der Waals surface area contributed by atoms with Crippen molar-refractivity contribution < 1.29 is 17.6 Å². The third-order valence-corrected chi connectivity index (χ3v) is 5.78. The molecule has 0 bridgehead atoms. The standard InChI is InChI=1S/C15H21FN2O3S/c1-3-18(4-2)22(20,21)10-15(19)17-14-9-12(14)11-7-5-6-8-13(11)16/h5-8,12,14H,3-4,9-10H2,1-2H3,(H,17,19)/t12-,14+/m0/s1. The molecule has 0 aromatic heterocycles. The molecule has 22 heavy (non-hydrogen) atoms. The zero-order chi connectivity index (χ0) is 16.3. The van der Waals surface area contributed by atoms with Crippen LogP contribution in [-0.2, 0) is 14.8 Å². The van der Waals surface area contributed by atoms with Gasteiger partial charge in [0, 0.05) is 25.0 Å². The lowest BCUT2D eigenvalue weighted by atomic mass is 10.1. The van der Waals surface area contributed by atoms with Crippen LogP contribution in [0, 0.1) is 5.82 Å². The van der Waals surface area contributed by atoms with Crippen molar-refractivity contribution >= 4 is 15.9 Å². The van der Waals surface area contributed by atoms with Gasteiger partial charge in [-0.25, -0.2) is 17.1 Å². The molecule has 2 rings (SSSR count). The molecule has 0 aliphatic heterocycles. The normalized spacial score (nSPS) is 20.9. The molecule has 1 amide bonds. The average molecular weight is 328 g/mol. The summed E-state index contributed by atoms with van der Waals surface area (Å²) in [6.07, 6.45) is 0.637. The molecule has 1 aromatic carbocycles. The number of carbonyl (C=O) groups is 1. The van der Waals surface area contributed by atoms with Crippen molar-refractivity contribution in [2.24, 2.45) is 0 Å². The van der Waals surface area contributed by atoms with E-state index in [-0.39, 0.29) is 17.8 Å². The van der Waals surface area contributed by atoms with Crippen LogP contribution in [0.1, 0.15) is 31.7 Å². The number of carbonyl (C=O) groups excluding carboxylic acids is 1. The van der Waals surface area contributed by atoms with Gasteiger partial charge in [0.05, 0.1) is 0 Å². The van der Waals surface area contributed by atoms with Crippen LogP contribution in [0.2, 0.25) is 0 Å². The summed E-state index contributed by atoms with van der Waals surface area (Å²) in [6, 6.07) is 6.26. The highest BCUT2D eigenvalue weighted by atomic mass is 32.2. The minimum absolute atomic E-state index is 0.0682. The number of rotatable bonds is 7. The van der Waals surface area contributed by atoms with Gasteiger partial charge in [-0.3, -0.25) is 4.79 Å². The lowest BCUT2D eigenvalue weighted by Crippen LogP contribution is -2.40. The molecule has 0 spiro atoms. The van der Waals surface area contributed by atoms with Crippen LogP contribution in [0.25, 0.3) is 0 Å². The van der Waals surface area contributed by atoms with E-state index in [0.29, 0.717) is 25.1 Å². The quantitative estimate of drug-likeness (QED) is 0.824. The summed E-state index contributed by atoms with van der Waals surface area (Å²) in [5.74, 6) is -1.45. The number of hydrogen-bond acceptors (Lipinski definition) is 3. The molecule has 1 aromatic rings. The van der Waals surface area contributed by atoms with Crippen LogP contribution in [0.4, 0.5) is 4.39 Å². The fourth-order valence-corrected chi connectivity index (χ4v) is 3.98. The number of sulfonamides is 1.